The van der Waals surface area contributed by atoms with Crippen LogP contribution in [0.15, 0.2) is 0 Å². The van der Waals surface area contributed by atoms with Gasteiger partial charge in [-0.25, -0.2) is 0 Å². The Morgan fingerprint density at radius 1 is 0.533 bits per heavy atom. The molecule has 0 aliphatic heterocycles. The fraction of sp³-hybridized carbons (Fsp3) is 0.821. The summed E-state index contributed by atoms with van der Waals surface area (Å²) in [6.45, 7) is 2.27. The predicted octanol–water partition coefficient (Wildman–Crippen LogP) is 8.68. The highest BCUT2D eigenvalue weighted by molar-refractivity contribution is 5.66. The number of aliphatic carboxylic acids is 1. The molecule has 0 bridgehead atoms. The van der Waals surface area contributed by atoms with Gasteiger partial charge in [-0.05, 0) is 31.1 Å². The van der Waals surface area contributed by atoms with Crippen LogP contribution in [0.3, 0.4) is 0 Å². The van der Waals surface area contributed by atoms with Crippen LogP contribution in [0.25, 0.3) is 0 Å². The lowest BCUT2D eigenvalue weighted by Crippen LogP contribution is -1.93. The van der Waals surface area contributed by atoms with Crippen LogP contribution < -0.4 is 0 Å². The number of carboxylic acids is 1. The Bertz CT molecular complexity index is 486. The Balaban J connectivity index is 3.23. The number of carboxylic acid groups (broad SMARTS) is 1. The maximum atomic E-state index is 10.4. The van der Waals surface area contributed by atoms with Crippen LogP contribution in [0.5, 0.6) is 0 Å². The molecule has 1 N–H and O–H groups in total. The largest absolute Gasteiger partial charge is 0.481 e. The first kappa shape index (κ1) is 28.6. The number of rotatable bonds is 21. The zero-order valence-electron chi connectivity index (χ0n) is 19.9. The van der Waals surface area contributed by atoms with Gasteiger partial charge in [0.05, 0.1) is 0 Å². The quantitative estimate of drug-likeness (QED) is 0.150. The summed E-state index contributed by atoms with van der Waals surface area (Å²) >= 11 is 0. The van der Waals surface area contributed by atoms with E-state index in [1.165, 1.54) is 109 Å². The molecule has 0 aromatic carbocycles. The molecule has 0 aliphatic rings. The highest BCUT2D eigenvalue weighted by Gasteiger charge is 1.96. The highest BCUT2D eigenvalue weighted by atomic mass is 16.4. The van der Waals surface area contributed by atoms with Crippen molar-refractivity contribution in [2.24, 2.45) is 0 Å². The van der Waals surface area contributed by atoms with E-state index in [1.807, 2.05) is 0 Å². The molecule has 0 spiro atoms. The lowest BCUT2D eigenvalue weighted by molar-refractivity contribution is -0.137. The number of hydrogen-bond acceptors (Lipinski definition) is 1. The minimum absolute atomic E-state index is 0.324. The summed E-state index contributed by atoms with van der Waals surface area (Å²) in [4.78, 5) is 10.4. The van der Waals surface area contributed by atoms with Crippen LogP contribution in [0, 0.1) is 23.7 Å². The number of carbonyl (C=O) groups is 1. The van der Waals surface area contributed by atoms with Crippen molar-refractivity contribution in [2.45, 2.75) is 148 Å². The summed E-state index contributed by atoms with van der Waals surface area (Å²) < 4.78 is 0. The summed E-state index contributed by atoms with van der Waals surface area (Å²) in [6, 6.07) is 0. The molecule has 0 saturated carbocycles. The van der Waals surface area contributed by atoms with Crippen molar-refractivity contribution in [3.05, 3.63) is 0 Å². The normalized spacial score (nSPS) is 10.2. The first-order chi connectivity index (χ1) is 14.8. The second kappa shape index (κ2) is 25.6. The molecular weight excluding hydrogens is 368 g/mol. The summed E-state index contributed by atoms with van der Waals surface area (Å²) in [5.74, 6) is 11.7. The first-order valence-corrected chi connectivity index (χ1v) is 12.9. The lowest BCUT2D eigenvalue weighted by atomic mass is 10.1. The molecule has 0 aromatic heterocycles. The number of unbranched alkanes of at least 4 members (excludes halogenated alkanes) is 19. The predicted molar refractivity (Wildman–Crippen MR) is 130 cm³/mol. The maximum Gasteiger partial charge on any atom is 0.303 e. The molecular formula is C28H48O2. The van der Waals surface area contributed by atoms with Gasteiger partial charge in [0.15, 0.2) is 0 Å². The topological polar surface area (TPSA) is 37.3 Å². The maximum absolute atomic E-state index is 10.4. The Morgan fingerprint density at radius 3 is 1.23 bits per heavy atom. The van der Waals surface area contributed by atoms with Crippen molar-refractivity contribution >= 4 is 5.97 Å². The fourth-order valence-electron chi connectivity index (χ4n) is 3.64. The smallest absolute Gasteiger partial charge is 0.303 e. The van der Waals surface area contributed by atoms with E-state index < -0.39 is 5.97 Å². The van der Waals surface area contributed by atoms with E-state index in [0.717, 1.165) is 25.7 Å². The van der Waals surface area contributed by atoms with Crippen LogP contribution >= 0.6 is 0 Å². The molecule has 0 heterocycles. The molecule has 2 nitrogen and oxygen atoms in total. The van der Waals surface area contributed by atoms with E-state index in [0.29, 0.717) is 6.42 Å². The van der Waals surface area contributed by atoms with Gasteiger partial charge >= 0.3 is 5.97 Å². The third-order valence-corrected chi connectivity index (χ3v) is 5.59. The molecule has 0 amide bonds. The van der Waals surface area contributed by atoms with Crippen LogP contribution in [-0.2, 0) is 4.79 Å². The second-order valence-corrected chi connectivity index (χ2v) is 8.61. The fourth-order valence-corrected chi connectivity index (χ4v) is 3.64. The molecule has 0 radical (unpaired) electrons. The molecule has 0 atom stereocenters. The molecule has 172 valence electrons. The van der Waals surface area contributed by atoms with Crippen molar-refractivity contribution in [3.8, 4) is 23.7 Å². The third kappa shape index (κ3) is 26.6. The minimum Gasteiger partial charge on any atom is -0.481 e. The van der Waals surface area contributed by atoms with E-state index in [-0.39, 0.29) is 0 Å². The van der Waals surface area contributed by atoms with Crippen molar-refractivity contribution in [1.82, 2.24) is 0 Å². The Kier molecular flexibility index (Phi) is 24.4. The van der Waals surface area contributed by atoms with Gasteiger partial charge in [0, 0.05) is 19.3 Å². The zero-order chi connectivity index (χ0) is 22.0. The van der Waals surface area contributed by atoms with Gasteiger partial charge in [0.2, 0.25) is 0 Å². The monoisotopic (exact) mass is 416 g/mol. The van der Waals surface area contributed by atoms with Gasteiger partial charge in [-0.15, -0.1) is 0 Å². The van der Waals surface area contributed by atoms with Gasteiger partial charge in [-0.1, -0.05) is 121 Å². The molecule has 2 heteroatoms. The van der Waals surface area contributed by atoms with Crippen LogP contribution in [0.4, 0.5) is 0 Å². The van der Waals surface area contributed by atoms with Gasteiger partial charge in [-0.2, -0.15) is 0 Å². The van der Waals surface area contributed by atoms with Gasteiger partial charge in [0.1, 0.15) is 0 Å². The molecule has 0 unspecified atom stereocenters. The summed E-state index contributed by atoms with van der Waals surface area (Å²) in [5.41, 5.74) is 0. The zero-order valence-corrected chi connectivity index (χ0v) is 19.9. The molecule has 30 heavy (non-hydrogen) atoms. The van der Waals surface area contributed by atoms with Crippen molar-refractivity contribution < 1.29 is 9.90 Å². The molecule has 0 rings (SSSR count). The third-order valence-electron chi connectivity index (χ3n) is 5.59. The first-order valence-electron chi connectivity index (χ1n) is 12.9. The Morgan fingerprint density at radius 2 is 0.867 bits per heavy atom. The minimum atomic E-state index is -0.668. The molecule has 0 fully saturated rings. The average molecular weight is 417 g/mol. The van der Waals surface area contributed by atoms with Crippen molar-refractivity contribution in [2.75, 3.05) is 0 Å². The van der Waals surface area contributed by atoms with Crippen LogP contribution in [-0.4, -0.2) is 11.1 Å². The SMILES string of the molecule is CCCCCCCCCCCCC#CC#CCCCCCCCCCCCC(=O)O. The van der Waals surface area contributed by atoms with Crippen LogP contribution in [0.2, 0.25) is 0 Å². The number of hydrogen-bond donors (Lipinski definition) is 1. The summed E-state index contributed by atoms with van der Waals surface area (Å²) in [7, 11) is 0. The van der Waals surface area contributed by atoms with E-state index in [2.05, 4.69) is 30.6 Å². The lowest BCUT2D eigenvalue weighted by Gasteiger charge is -2.01. The second-order valence-electron chi connectivity index (χ2n) is 8.61. The molecule has 0 aliphatic carbocycles. The summed E-state index contributed by atoms with van der Waals surface area (Å²) in [5, 5.41) is 8.58. The van der Waals surface area contributed by atoms with Gasteiger partial charge < -0.3 is 5.11 Å². The van der Waals surface area contributed by atoms with E-state index >= 15 is 0 Å². The Hall–Kier alpha value is -1.41. The highest BCUT2D eigenvalue weighted by Crippen LogP contribution is 2.12. The molecule has 0 saturated heterocycles. The summed E-state index contributed by atoms with van der Waals surface area (Å²) in [6.07, 6.45) is 26.7. The van der Waals surface area contributed by atoms with Crippen molar-refractivity contribution in [3.63, 3.8) is 0 Å². The van der Waals surface area contributed by atoms with Gasteiger partial charge in [0.25, 0.3) is 0 Å². The standard InChI is InChI=1S/C28H48O2/c1-2-3-4-5-6-7-8-9-10-11-12-13-14-15-16-17-18-19-20-21-22-23-24-25-26-27-28(29)30/h2-12,17-27H2,1H3,(H,29,30). The van der Waals surface area contributed by atoms with Crippen LogP contribution in [0.1, 0.15) is 148 Å². The van der Waals surface area contributed by atoms with E-state index in [4.69, 9.17) is 5.11 Å². The molecule has 0 aromatic rings. The average Bonchev–Trinajstić information content (AvgIpc) is 2.73. The van der Waals surface area contributed by atoms with E-state index in [1.54, 1.807) is 0 Å². The van der Waals surface area contributed by atoms with Gasteiger partial charge in [-0.3, -0.25) is 4.79 Å². The van der Waals surface area contributed by atoms with Crippen molar-refractivity contribution in [1.29, 1.82) is 0 Å². The Labute approximate surface area is 188 Å². The van der Waals surface area contributed by atoms with E-state index in [9.17, 15) is 4.79 Å².